The van der Waals surface area contributed by atoms with E-state index in [0.717, 1.165) is 19.6 Å². The van der Waals surface area contributed by atoms with Crippen molar-refractivity contribution in [3.63, 3.8) is 0 Å². The lowest BCUT2D eigenvalue weighted by molar-refractivity contribution is 0.129. The maximum absolute atomic E-state index is 10.2. The number of carbonyl (C=O) groups excluding carboxylic acids is 1. The van der Waals surface area contributed by atoms with Crippen molar-refractivity contribution in [2.45, 2.75) is 12.5 Å². The Hall–Kier alpha value is -0.450. The standard InChI is InChI=1S/C8H15N2O2/c11-5-1-8-7-9-2-3-10(8)4-6-12/h8-9,12H,1-4,6-7H2. The third kappa shape index (κ3) is 2.55. The Labute approximate surface area is 72.6 Å². The van der Waals surface area contributed by atoms with Gasteiger partial charge in [-0.3, -0.25) is 9.69 Å². The Morgan fingerprint density at radius 2 is 2.50 bits per heavy atom. The molecule has 4 nitrogen and oxygen atoms in total. The minimum atomic E-state index is 0.162. The van der Waals surface area contributed by atoms with E-state index in [2.05, 4.69) is 10.2 Å². The summed E-state index contributed by atoms with van der Waals surface area (Å²) in [5, 5.41) is 11.9. The molecule has 0 bridgehead atoms. The molecule has 1 saturated heterocycles. The van der Waals surface area contributed by atoms with Crippen LogP contribution < -0.4 is 5.32 Å². The predicted octanol–water partition coefficient (Wildman–Crippen LogP) is -1.25. The molecular formula is C8H15N2O2. The lowest BCUT2D eigenvalue weighted by Crippen LogP contribution is -2.52. The fraction of sp³-hybridized carbons (Fsp3) is 0.875. The van der Waals surface area contributed by atoms with Gasteiger partial charge in [0.25, 0.3) is 0 Å². The topological polar surface area (TPSA) is 52.6 Å². The third-order valence-corrected chi connectivity index (χ3v) is 2.18. The van der Waals surface area contributed by atoms with Crippen LogP contribution in [0.4, 0.5) is 0 Å². The number of rotatable bonds is 4. The fourth-order valence-electron chi connectivity index (χ4n) is 1.52. The van der Waals surface area contributed by atoms with Gasteiger partial charge in [0, 0.05) is 38.6 Å². The summed E-state index contributed by atoms with van der Waals surface area (Å²) in [5.41, 5.74) is 0. The summed E-state index contributed by atoms with van der Waals surface area (Å²) < 4.78 is 0. The molecule has 4 heteroatoms. The van der Waals surface area contributed by atoms with Gasteiger partial charge in [0.05, 0.1) is 6.61 Å². The number of β-amino-alcohol motifs (C(OH)–C–C–N with tert-alkyl or cyclic N) is 1. The average Bonchev–Trinajstić information content (AvgIpc) is 2.09. The highest BCUT2D eigenvalue weighted by Gasteiger charge is 2.20. The monoisotopic (exact) mass is 171 g/mol. The van der Waals surface area contributed by atoms with Crippen LogP contribution in [0, 0.1) is 0 Å². The molecule has 1 aliphatic heterocycles. The van der Waals surface area contributed by atoms with Gasteiger partial charge in [-0.15, -0.1) is 0 Å². The predicted molar refractivity (Wildman–Crippen MR) is 45.6 cm³/mol. The van der Waals surface area contributed by atoms with Crippen LogP contribution in [0.5, 0.6) is 0 Å². The van der Waals surface area contributed by atoms with Gasteiger partial charge in [-0.25, -0.2) is 0 Å². The van der Waals surface area contributed by atoms with Gasteiger partial charge >= 0.3 is 0 Å². The van der Waals surface area contributed by atoms with Crippen molar-refractivity contribution in [1.82, 2.24) is 10.2 Å². The van der Waals surface area contributed by atoms with Crippen molar-refractivity contribution in [2.75, 3.05) is 32.8 Å². The molecule has 1 fully saturated rings. The normalized spacial score (nSPS) is 25.6. The number of aliphatic hydroxyl groups is 1. The lowest BCUT2D eigenvalue weighted by atomic mass is 10.1. The molecule has 0 saturated carbocycles. The number of hydrogen-bond acceptors (Lipinski definition) is 4. The van der Waals surface area contributed by atoms with E-state index in [4.69, 9.17) is 5.11 Å². The minimum Gasteiger partial charge on any atom is -0.395 e. The summed E-state index contributed by atoms with van der Waals surface area (Å²) in [5.74, 6) is 0. The molecule has 69 valence electrons. The number of piperazine rings is 1. The number of aliphatic hydroxyl groups excluding tert-OH is 1. The van der Waals surface area contributed by atoms with E-state index in [1.54, 1.807) is 0 Å². The van der Waals surface area contributed by atoms with Crippen molar-refractivity contribution in [2.24, 2.45) is 0 Å². The summed E-state index contributed by atoms with van der Waals surface area (Å²) in [6, 6.07) is 0.225. The highest BCUT2D eigenvalue weighted by molar-refractivity contribution is 5.51. The summed E-state index contributed by atoms with van der Waals surface area (Å²) in [7, 11) is 0. The molecule has 1 radical (unpaired) electrons. The van der Waals surface area contributed by atoms with Gasteiger partial charge in [0.2, 0.25) is 0 Å². The lowest BCUT2D eigenvalue weighted by Gasteiger charge is -2.34. The van der Waals surface area contributed by atoms with Crippen LogP contribution in [0.15, 0.2) is 0 Å². The van der Waals surface area contributed by atoms with Gasteiger partial charge in [-0.2, -0.15) is 0 Å². The summed E-state index contributed by atoms with van der Waals surface area (Å²) >= 11 is 0. The van der Waals surface area contributed by atoms with Gasteiger partial charge in [0.1, 0.15) is 0 Å². The SMILES string of the molecule is O=[C]CC1CNCCN1CCO. The van der Waals surface area contributed by atoms with Gasteiger partial charge in [-0.05, 0) is 0 Å². The maximum Gasteiger partial charge on any atom is 0.200 e. The second-order valence-corrected chi connectivity index (χ2v) is 2.97. The molecule has 1 aliphatic rings. The Morgan fingerprint density at radius 1 is 1.67 bits per heavy atom. The second-order valence-electron chi connectivity index (χ2n) is 2.97. The molecule has 0 aromatic heterocycles. The van der Waals surface area contributed by atoms with Crippen LogP contribution in [0.2, 0.25) is 0 Å². The molecule has 1 unspecified atom stereocenters. The zero-order valence-electron chi connectivity index (χ0n) is 7.12. The first-order valence-corrected chi connectivity index (χ1v) is 4.29. The van der Waals surface area contributed by atoms with E-state index >= 15 is 0 Å². The van der Waals surface area contributed by atoms with Crippen molar-refractivity contribution in [1.29, 1.82) is 0 Å². The molecule has 0 aliphatic carbocycles. The van der Waals surface area contributed by atoms with Crippen LogP contribution in [0.25, 0.3) is 0 Å². The average molecular weight is 171 g/mol. The first-order valence-electron chi connectivity index (χ1n) is 4.29. The van der Waals surface area contributed by atoms with E-state index in [1.807, 2.05) is 6.29 Å². The molecular weight excluding hydrogens is 156 g/mol. The zero-order valence-corrected chi connectivity index (χ0v) is 7.12. The number of hydrogen-bond donors (Lipinski definition) is 2. The number of nitrogens with zero attached hydrogens (tertiary/aromatic N) is 1. The Morgan fingerprint density at radius 3 is 3.17 bits per heavy atom. The van der Waals surface area contributed by atoms with Gasteiger partial charge < -0.3 is 10.4 Å². The fourth-order valence-corrected chi connectivity index (χ4v) is 1.52. The van der Waals surface area contributed by atoms with E-state index in [-0.39, 0.29) is 12.6 Å². The quantitative estimate of drug-likeness (QED) is 0.555. The molecule has 12 heavy (non-hydrogen) atoms. The maximum atomic E-state index is 10.2. The van der Waals surface area contributed by atoms with E-state index in [1.165, 1.54) is 0 Å². The molecule has 0 aromatic rings. The van der Waals surface area contributed by atoms with Crippen LogP contribution in [-0.2, 0) is 4.79 Å². The van der Waals surface area contributed by atoms with Gasteiger partial charge in [-0.1, -0.05) is 0 Å². The Bertz CT molecular complexity index is 139. The van der Waals surface area contributed by atoms with Crippen molar-refractivity contribution in [3.8, 4) is 0 Å². The van der Waals surface area contributed by atoms with Crippen LogP contribution in [0.1, 0.15) is 6.42 Å². The first-order chi connectivity index (χ1) is 5.88. The summed E-state index contributed by atoms with van der Waals surface area (Å²) in [6.45, 7) is 3.50. The van der Waals surface area contributed by atoms with Crippen LogP contribution in [0.3, 0.4) is 0 Å². The molecule has 1 rings (SSSR count). The Kier molecular flexibility index (Phi) is 4.21. The van der Waals surface area contributed by atoms with Crippen LogP contribution in [-0.4, -0.2) is 55.1 Å². The first kappa shape index (κ1) is 9.64. The highest BCUT2D eigenvalue weighted by atomic mass is 16.3. The van der Waals surface area contributed by atoms with Crippen molar-refractivity contribution >= 4 is 6.29 Å². The van der Waals surface area contributed by atoms with Crippen molar-refractivity contribution < 1.29 is 9.90 Å². The van der Waals surface area contributed by atoms with E-state index < -0.39 is 0 Å². The van der Waals surface area contributed by atoms with E-state index in [0.29, 0.717) is 13.0 Å². The number of nitrogens with one attached hydrogen (secondary N) is 1. The molecule has 1 heterocycles. The molecule has 2 N–H and O–H groups in total. The smallest absolute Gasteiger partial charge is 0.200 e. The molecule has 1 atom stereocenters. The van der Waals surface area contributed by atoms with Crippen molar-refractivity contribution in [3.05, 3.63) is 0 Å². The molecule has 0 aromatic carbocycles. The van der Waals surface area contributed by atoms with Crippen LogP contribution >= 0.6 is 0 Å². The Balaban J connectivity index is 2.36. The summed E-state index contributed by atoms with van der Waals surface area (Å²) in [6.07, 6.45) is 2.35. The highest BCUT2D eigenvalue weighted by Crippen LogP contribution is 2.04. The molecule has 0 amide bonds. The largest absolute Gasteiger partial charge is 0.395 e. The zero-order chi connectivity index (χ0) is 8.81. The minimum absolute atomic E-state index is 0.162. The van der Waals surface area contributed by atoms with E-state index in [9.17, 15) is 4.79 Å². The summed E-state index contributed by atoms with van der Waals surface area (Å²) in [4.78, 5) is 12.3. The molecule has 0 spiro atoms. The third-order valence-electron chi connectivity index (χ3n) is 2.18. The van der Waals surface area contributed by atoms with Gasteiger partial charge in [0.15, 0.2) is 6.29 Å². The second kappa shape index (κ2) is 5.24.